The van der Waals surface area contributed by atoms with E-state index in [-0.39, 0.29) is 11.5 Å². The summed E-state index contributed by atoms with van der Waals surface area (Å²) < 4.78 is 14.6. The Labute approximate surface area is 170 Å². The summed E-state index contributed by atoms with van der Waals surface area (Å²) in [5, 5.41) is 3.14. The Morgan fingerprint density at radius 2 is 2.07 bits per heavy atom. The van der Waals surface area contributed by atoms with Crippen molar-refractivity contribution in [2.24, 2.45) is 10.7 Å². The minimum absolute atomic E-state index is 0.196. The topological polar surface area (TPSA) is 106 Å². The summed E-state index contributed by atoms with van der Waals surface area (Å²) in [6.45, 7) is 1.78. The van der Waals surface area contributed by atoms with Gasteiger partial charge >= 0.3 is 0 Å². The summed E-state index contributed by atoms with van der Waals surface area (Å²) in [5.74, 6) is -0.00686. The van der Waals surface area contributed by atoms with Crippen molar-refractivity contribution in [3.63, 3.8) is 0 Å². The van der Waals surface area contributed by atoms with Crippen molar-refractivity contribution < 1.29 is 9.18 Å². The average Bonchev–Trinajstić information content (AvgIpc) is 2.69. The number of benzene rings is 1. The van der Waals surface area contributed by atoms with E-state index in [0.29, 0.717) is 39.8 Å². The minimum atomic E-state index is -0.553. The lowest BCUT2D eigenvalue weighted by atomic mass is 9.96. The average molecular weight is 411 g/mol. The molecule has 0 saturated heterocycles. The number of fused-ring (bicyclic) bond motifs is 1. The number of carbonyl (C=O) groups is 1. The van der Waals surface area contributed by atoms with Crippen LogP contribution < -0.4 is 11.1 Å². The van der Waals surface area contributed by atoms with Gasteiger partial charge in [0.25, 0.3) is 5.91 Å². The first-order valence-electron chi connectivity index (χ1n) is 8.79. The van der Waals surface area contributed by atoms with Crippen LogP contribution in [0.25, 0.3) is 0 Å². The Morgan fingerprint density at radius 3 is 2.83 bits per heavy atom. The summed E-state index contributed by atoms with van der Waals surface area (Å²) in [6.07, 6.45) is 3.39. The molecule has 0 saturated carbocycles. The second-order valence-corrected chi connectivity index (χ2v) is 7.00. The zero-order chi connectivity index (χ0) is 20.5. The molecule has 9 heteroatoms. The molecule has 1 unspecified atom stereocenters. The molecule has 7 nitrogen and oxygen atoms in total. The quantitative estimate of drug-likeness (QED) is 0.689. The Hall–Kier alpha value is -3.39. The van der Waals surface area contributed by atoms with E-state index in [0.717, 1.165) is 0 Å². The molecule has 0 bridgehead atoms. The molecule has 1 amide bonds. The molecule has 0 spiro atoms. The van der Waals surface area contributed by atoms with Crippen molar-refractivity contribution in [2.75, 3.05) is 5.32 Å². The number of nitrogens with two attached hydrogens (primary N) is 1. The van der Waals surface area contributed by atoms with Crippen LogP contribution >= 0.6 is 11.6 Å². The Kier molecular flexibility index (Phi) is 4.94. The number of hydrogen-bond acceptors (Lipinski definition) is 6. The molecule has 3 N–H and O–H groups in total. The number of aryl methyl sites for hydroxylation is 1. The van der Waals surface area contributed by atoms with Gasteiger partial charge in [-0.1, -0.05) is 11.6 Å². The normalized spacial score (nSPS) is 15.4. The molecule has 3 aromatic rings. The third-order valence-corrected chi connectivity index (χ3v) is 4.74. The highest BCUT2D eigenvalue weighted by Crippen LogP contribution is 2.31. The molecule has 146 valence electrons. The van der Waals surface area contributed by atoms with Crippen molar-refractivity contribution in [1.29, 1.82) is 0 Å². The third kappa shape index (κ3) is 3.93. The summed E-state index contributed by atoms with van der Waals surface area (Å²) in [6, 6.07) is 6.83. The van der Waals surface area contributed by atoms with E-state index in [1.807, 2.05) is 0 Å². The van der Waals surface area contributed by atoms with E-state index >= 15 is 0 Å². The number of nitrogens with zero attached hydrogens (tertiary/aromatic N) is 4. The first-order chi connectivity index (χ1) is 13.9. The summed E-state index contributed by atoms with van der Waals surface area (Å²) in [5.41, 5.74) is 8.34. The van der Waals surface area contributed by atoms with Crippen molar-refractivity contribution >= 4 is 29.0 Å². The van der Waals surface area contributed by atoms with E-state index in [2.05, 4.69) is 25.3 Å². The lowest BCUT2D eigenvalue weighted by Gasteiger charge is -2.22. The van der Waals surface area contributed by atoms with Crippen LogP contribution in [0.15, 0.2) is 47.7 Å². The number of nitrogens with one attached hydrogen (secondary N) is 1. The number of anilines is 1. The second kappa shape index (κ2) is 7.56. The Bertz CT molecular complexity index is 1130. The fourth-order valence-corrected chi connectivity index (χ4v) is 3.23. The van der Waals surface area contributed by atoms with Gasteiger partial charge in [0.05, 0.1) is 22.3 Å². The van der Waals surface area contributed by atoms with Gasteiger partial charge in [-0.05, 0) is 37.3 Å². The number of rotatable bonds is 3. The van der Waals surface area contributed by atoms with E-state index < -0.39 is 17.8 Å². The maximum Gasteiger partial charge on any atom is 0.274 e. The highest BCUT2D eigenvalue weighted by Gasteiger charge is 2.25. The zero-order valence-electron chi connectivity index (χ0n) is 15.4. The molecule has 1 aromatic carbocycles. The van der Waals surface area contributed by atoms with Gasteiger partial charge in [-0.15, -0.1) is 0 Å². The summed E-state index contributed by atoms with van der Waals surface area (Å²) in [4.78, 5) is 29.3. The van der Waals surface area contributed by atoms with Gasteiger partial charge in [0.2, 0.25) is 0 Å². The molecule has 0 aliphatic carbocycles. The van der Waals surface area contributed by atoms with Gasteiger partial charge in [-0.25, -0.2) is 19.3 Å². The third-order valence-electron chi connectivity index (χ3n) is 4.52. The van der Waals surface area contributed by atoms with Gasteiger partial charge < -0.3 is 11.1 Å². The van der Waals surface area contributed by atoms with Crippen molar-refractivity contribution in [3.05, 3.63) is 81.9 Å². The summed E-state index contributed by atoms with van der Waals surface area (Å²) in [7, 11) is 0. The highest BCUT2D eigenvalue weighted by molar-refractivity contribution is 6.30. The van der Waals surface area contributed by atoms with Gasteiger partial charge in [-0.2, -0.15) is 0 Å². The highest BCUT2D eigenvalue weighted by atomic mass is 35.5. The largest absolute Gasteiger partial charge is 0.383 e. The van der Waals surface area contributed by atoms with Crippen LogP contribution in [0.1, 0.15) is 39.2 Å². The Morgan fingerprint density at radius 1 is 1.24 bits per heavy atom. The lowest BCUT2D eigenvalue weighted by Crippen LogP contribution is -2.25. The maximum atomic E-state index is 14.6. The van der Waals surface area contributed by atoms with Crippen LogP contribution in [0.3, 0.4) is 0 Å². The molecule has 0 radical (unpaired) electrons. The molecule has 29 heavy (non-hydrogen) atoms. The van der Waals surface area contributed by atoms with E-state index in [9.17, 15) is 9.18 Å². The minimum Gasteiger partial charge on any atom is -0.383 e. The van der Waals surface area contributed by atoms with Gasteiger partial charge in [-0.3, -0.25) is 9.79 Å². The Balaban J connectivity index is 1.61. The van der Waals surface area contributed by atoms with Crippen LogP contribution in [0.2, 0.25) is 5.02 Å². The first kappa shape index (κ1) is 18.9. The van der Waals surface area contributed by atoms with Crippen molar-refractivity contribution in [3.8, 4) is 0 Å². The van der Waals surface area contributed by atoms with Crippen LogP contribution in [-0.2, 0) is 6.42 Å². The number of pyridine rings is 1. The van der Waals surface area contributed by atoms with Crippen molar-refractivity contribution in [2.45, 2.75) is 19.4 Å². The summed E-state index contributed by atoms with van der Waals surface area (Å²) >= 11 is 5.79. The van der Waals surface area contributed by atoms with Crippen LogP contribution in [0.4, 0.5) is 10.1 Å². The van der Waals surface area contributed by atoms with Crippen LogP contribution in [-0.4, -0.2) is 26.7 Å². The molecule has 4 rings (SSSR count). The fourth-order valence-electron chi connectivity index (χ4n) is 3.11. The monoisotopic (exact) mass is 410 g/mol. The number of halogens is 2. The molecule has 1 aliphatic rings. The standard InChI is InChI=1S/C20H16ClFN6O/c1-10-24-9-14-18(26-10)7-17(28-19(14)23)13-6-12(3-4-15(13)22)27-20(29)16-5-2-11(21)8-25-16/h2-6,8-9,17H,7H2,1H3,(H2,23,28)(H,27,29). The smallest absolute Gasteiger partial charge is 0.274 e. The second-order valence-electron chi connectivity index (χ2n) is 6.56. The number of hydrogen-bond donors (Lipinski definition) is 2. The number of amides is 1. The van der Waals surface area contributed by atoms with E-state index in [1.54, 1.807) is 25.3 Å². The van der Waals surface area contributed by atoms with Crippen LogP contribution in [0.5, 0.6) is 0 Å². The molecular weight excluding hydrogens is 395 g/mol. The molecule has 3 heterocycles. The SMILES string of the molecule is Cc1ncc2c(n1)CC(c1cc(NC(=O)c3ccc(Cl)cn3)ccc1F)N=C2N. The zero-order valence-corrected chi connectivity index (χ0v) is 16.1. The number of amidine groups is 1. The fraction of sp³-hybridized carbons (Fsp3) is 0.150. The van der Waals surface area contributed by atoms with E-state index in [4.69, 9.17) is 17.3 Å². The molecular formula is C20H16ClFN6O. The molecule has 1 aliphatic heterocycles. The van der Waals surface area contributed by atoms with Gasteiger partial charge in [0.15, 0.2) is 0 Å². The molecule has 1 atom stereocenters. The van der Waals surface area contributed by atoms with E-state index in [1.165, 1.54) is 24.4 Å². The number of carbonyl (C=O) groups excluding carboxylic acids is 1. The van der Waals surface area contributed by atoms with Crippen LogP contribution in [0, 0.1) is 12.7 Å². The maximum absolute atomic E-state index is 14.6. The number of aromatic nitrogens is 3. The predicted molar refractivity (Wildman–Crippen MR) is 108 cm³/mol. The van der Waals surface area contributed by atoms with Gasteiger partial charge in [0.1, 0.15) is 23.2 Å². The first-order valence-corrected chi connectivity index (χ1v) is 9.17. The lowest BCUT2D eigenvalue weighted by molar-refractivity contribution is 0.102. The van der Waals surface area contributed by atoms with Crippen molar-refractivity contribution in [1.82, 2.24) is 15.0 Å². The number of aliphatic imine (C=N–C) groups is 1. The van der Waals surface area contributed by atoms with Gasteiger partial charge in [0, 0.05) is 30.1 Å². The molecule has 0 fully saturated rings. The predicted octanol–water partition coefficient (Wildman–Crippen LogP) is 3.23. The molecule has 2 aromatic heterocycles.